The predicted molar refractivity (Wildman–Crippen MR) is 127 cm³/mol. The number of rotatable bonds is 4. The van der Waals surface area contributed by atoms with E-state index in [-0.39, 0.29) is 12.0 Å². The molecule has 0 fully saturated rings. The zero-order valence-corrected chi connectivity index (χ0v) is 18.2. The number of hydrogen-bond acceptors (Lipinski definition) is 6. The minimum absolute atomic E-state index is 0.0370. The van der Waals surface area contributed by atoms with Gasteiger partial charge in [-0.05, 0) is 41.5 Å². The van der Waals surface area contributed by atoms with E-state index in [0.29, 0.717) is 17.1 Å². The van der Waals surface area contributed by atoms with E-state index in [4.69, 9.17) is 4.74 Å². The lowest BCUT2D eigenvalue weighted by molar-refractivity contribution is 0.0923. The number of imide groups is 1. The third-order valence-corrected chi connectivity index (χ3v) is 5.99. The normalized spacial score (nSPS) is 16.6. The Bertz CT molecular complexity index is 1420. The van der Waals surface area contributed by atoms with Gasteiger partial charge in [0, 0.05) is 5.70 Å². The van der Waals surface area contributed by atoms with Crippen LogP contribution in [0.25, 0.3) is 5.70 Å². The monoisotopic (exact) mass is 449 g/mol. The third kappa shape index (κ3) is 3.07. The molecule has 0 saturated heterocycles. The standard InChI is InChI=1S/C26H19N5O3/c1-34-18-13-11-17(12-14-18)22-15-21(16-7-3-2-4-8-16)27-25-28-26(29-31(22)25)30-23(32)19-9-5-6-10-20(19)24(30)33/h2-15,22H,1H3,(H,27,28,29)/t22-/m1/s1. The number of ether oxygens (including phenoxy) is 1. The first-order chi connectivity index (χ1) is 16.6. The van der Waals surface area contributed by atoms with Crippen molar-refractivity contribution < 1.29 is 14.3 Å². The largest absolute Gasteiger partial charge is 0.497 e. The second kappa shape index (κ2) is 7.70. The van der Waals surface area contributed by atoms with Crippen LogP contribution >= 0.6 is 0 Å². The van der Waals surface area contributed by atoms with Crippen molar-refractivity contribution in [2.45, 2.75) is 6.04 Å². The maximum absolute atomic E-state index is 13.0. The van der Waals surface area contributed by atoms with Crippen LogP contribution in [0.1, 0.15) is 37.9 Å². The van der Waals surface area contributed by atoms with Crippen molar-refractivity contribution in [2.24, 2.45) is 0 Å². The first-order valence-electron chi connectivity index (χ1n) is 10.8. The Labute approximate surface area is 195 Å². The molecule has 2 aliphatic rings. The van der Waals surface area contributed by atoms with E-state index in [1.54, 1.807) is 36.1 Å². The van der Waals surface area contributed by atoms with Crippen molar-refractivity contribution in [1.82, 2.24) is 14.8 Å². The SMILES string of the molecule is COc1ccc([C@H]2C=C(c3ccccc3)Nc3nc(N4C(=O)c5ccccc5C4=O)nn32)cc1. The Morgan fingerprint density at radius 3 is 2.15 bits per heavy atom. The molecule has 0 aliphatic carbocycles. The number of benzene rings is 3. The molecule has 2 aliphatic heterocycles. The van der Waals surface area contributed by atoms with Crippen LogP contribution in [-0.4, -0.2) is 33.7 Å². The summed E-state index contributed by atoms with van der Waals surface area (Å²) in [5.74, 6) is 0.362. The first-order valence-corrected chi connectivity index (χ1v) is 10.8. The summed E-state index contributed by atoms with van der Waals surface area (Å²) >= 11 is 0. The lowest BCUT2D eigenvalue weighted by Crippen LogP contribution is -2.30. The number of nitrogens with zero attached hydrogens (tertiary/aromatic N) is 4. The molecule has 0 spiro atoms. The summed E-state index contributed by atoms with van der Waals surface area (Å²) in [4.78, 5) is 31.6. The van der Waals surface area contributed by atoms with Crippen LogP contribution in [0.5, 0.6) is 5.75 Å². The number of amides is 2. The quantitative estimate of drug-likeness (QED) is 0.471. The van der Waals surface area contributed by atoms with Gasteiger partial charge in [0.15, 0.2) is 0 Å². The molecule has 1 N–H and O–H groups in total. The third-order valence-electron chi connectivity index (χ3n) is 5.99. The molecule has 166 valence electrons. The Morgan fingerprint density at radius 2 is 1.50 bits per heavy atom. The number of carbonyl (C=O) groups is 2. The Balaban J connectivity index is 1.45. The number of nitrogens with one attached hydrogen (secondary N) is 1. The van der Waals surface area contributed by atoms with Gasteiger partial charge >= 0.3 is 0 Å². The highest BCUT2D eigenvalue weighted by Gasteiger charge is 2.40. The van der Waals surface area contributed by atoms with Gasteiger partial charge in [0.05, 0.1) is 18.2 Å². The van der Waals surface area contributed by atoms with Crippen LogP contribution in [0, 0.1) is 0 Å². The molecule has 0 radical (unpaired) electrons. The van der Waals surface area contributed by atoms with Gasteiger partial charge in [-0.2, -0.15) is 4.98 Å². The maximum atomic E-state index is 13.0. The molecule has 2 amide bonds. The van der Waals surface area contributed by atoms with Crippen molar-refractivity contribution in [1.29, 1.82) is 0 Å². The van der Waals surface area contributed by atoms with Gasteiger partial charge in [0.25, 0.3) is 17.8 Å². The fourth-order valence-electron chi connectivity index (χ4n) is 4.27. The van der Waals surface area contributed by atoms with E-state index in [0.717, 1.165) is 27.5 Å². The van der Waals surface area contributed by atoms with Crippen LogP contribution in [0.2, 0.25) is 0 Å². The predicted octanol–water partition coefficient (Wildman–Crippen LogP) is 4.14. The molecule has 3 aromatic carbocycles. The van der Waals surface area contributed by atoms with Gasteiger partial charge in [-0.3, -0.25) is 9.59 Å². The summed E-state index contributed by atoms with van der Waals surface area (Å²) in [7, 11) is 1.62. The van der Waals surface area contributed by atoms with Crippen molar-refractivity contribution in [3.63, 3.8) is 0 Å². The average Bonchev–Trinajstić information content (AvgIpc) is 3.42. The minimum Gasteiger partial charge on any atom is -0.497 e. The van der Waals surface area contributed by atoms with Crippen LogP contribution < -0.4 is 15.0 Å². The summed E-state index contributed by atoms with van der Waals surface area (Å²) in [5.41, 5.74) is 3.50. The van der Waals surface area contributed by atoms with Crippen molar-refractivity contribution in [2.75, 3.05) is 17.3 Å². The molecule has 0 unspecified atom stereocenters. The number of carbonyl (C=O) groups excluding carboxylic acids is 2. The van der Waals surface area contributed by atoms with Crippen LogP contribution in [0.3, 0.4) is 0 Å². The van der Waals surface area contributed by atoms with E-state index in [9.17, 15) is 9.59 Å². The van der Waals surface area contributed by atoms with Crippen LogP contribution in [-0.2, 0) is 0 Å². The molecule has 1 atom stereocenters. The van der Waals surface area contributed by atoms with Crippen molar-refractivity contribution >= 4 is 29.4 Å². The Kier molecular flexibility index (Phi) is 4.51. The molecule has 6 rings (SSSR count). The van der Waals surface area contributed by atoms with Crippen LogP contribution in [0.15, 0.2) is 84.9 Å². The molecule has 34 heavy (non-hydrogen) atoms. The Morgan fingerprint density at radius 1 is 0.853 bits per heavy atom. The lowest BCUT2D eigenvalue weighted by atomic mass is 10.0. The van der Waals surface area contributed by atoms with E-state index in [1.165, 1.54) is 0 Å². The lowest BCUT2D eigenvalue weighted by Gasteiger charge is -2.24. The molecule has 3 heterocycles. The van der Waals surface area contributed by atoms with Gasteiger partial charge in [0.2, 0.25) is 5.95 Å². The molecule has 0 bridgehead atoms. The summed E-state index contributed by atoms with van der Waals surface area (Å²) in [6.07, 6.45) is 2.05. The summed E-state index contributed by atoms with van der Waals surface area (Å²) < 4.78 is 6.99. The number of allylic oxidation sites excluding steroid dienone is 1. The van der Waals surface area contributed by atoms with Crippen molar-refractivity contribution in [3.8, 4) is 5.75 Å². The van der Waals surface area contributed by atoms with Gasteiger partial charge in [-0.15, -0.1) is 5.10 Å². The molecule has 1 aromatic heterocycles. The highest BCUT2D eigenvalue weighted by Crippen LogP contribution is 2.35. The molecular formula is C26H19N5O3. The fourth-order valence-corrected chi connectivity index (χ4v) is 4.27. The summed E-state index contributed by atoms with van der Waals surface area (Å²) in [6, 6.07) is 24.0. The number of fused-ring (bicyclic) bond motifs is 2. The Hall–Kier alpha value is -4.72. The van der Waals surface area contributed by atoms with Gasteiger partial charge < -0.3 is 10.1 Å². The first kappa shape index (κ1) is 19.9. The van der Waals surface area contributed by atoms with E-state index >= 15 is 0 Å². The number of methoxy groups -OCH3 is 1. The summed E-state index contributed by atoms with van der Waals surface area (Å²) in [6.45, 7) is 0. The number of hydrogen-bond donors (Lipinski definition) is 1. The van der Waals surface area contributed by atoms with Crippen LogP contribution in [0.4, 0.5) is 11.9 Å². The second-order valence-electron chi connectivity index (χ2n) is 7.96. The zero-order chi connectivity index (χ0) is 23.2. The molecule has 8 heteroatoms. The highest BCUT2D eigenvalue weighted by molar-refractivity contribution is 6.33. The van der Waals surface area contributed by atoms with E-state index in [1.807, 2.05) is 60.7 Å². The molecule has 4 aromatic rings. The minimum atomic E-state index is -0.430. The number of anilines is 2. The van der Waals surface area contributed by atoms with E-state index < -0.39 is 11.8 Å². The molecule has 8 nitrogen and oxygen atoms in total. The zero-order valence-electron chi connectivity index (χ0n) is 18.2. The second-order valence-corrected chi connectivity index (χ2v) is 7.96. The maximum Gasteiger partial charge on any atom is 0.268 e. The van der Waals surface area contributed by atoms with Gasteiger partial charge in [-0.25, -0.2) is 9.58 Å². The summed E-state index contributed by atoms with van der Waals surface area (Å²) in [5, 5.41) is 7.90. The molecule has 0 saturated carbocycles. The fraction of sp³-hybridized carbons (Fsp3) is 0.0769. The van der Waals surface area contributed by atoms with Gasteiger partial charge in [-0.1, -0.05) is 54.6 Å². The highest BCUT2D eigenvalue weighted by atomic mass is 16.5. The van der Waals surface area contributed by atoms with E-state index in [2.05, 4.69) is 15.4 Å². The number of aromatic nitrogens is 3. The smallest absolute Gasteiger partial charge is 0.268 e. The topological polar surface area (TPSA) is 89.3 Å². The van der Waals surface area contributed by atoms with Gasteiger partial charge in [0.1, 0.15) is 11.8 Å². The molecular weight excluding hydrogens is 430 g/mol. The average molecular weight is 449 g/mol. The van der Waals surface area contributed by atoms with Crippen molar-refractivity contribution in [3.05, 3.63) is 107 Å².